The average Bonchev–Trinajstić information content (AvgIpc) is 3.37. The predicted octanol–water partition coefficient (Wildman–Crippen LogP) is 12.4. The summed E-state index contributed by atoms with van der Waals surface area (Å²) in [6.45, 7) is 5.55. The third kappa shape index (κ3) is 36.2. The topological polar surface area (TPSA) is 175 Å². The van der Waals surface area contributed by atoms with Crippen LogP contribution < -0.4 is 5.32 Å². The van der Waals surface area contributed by atoms with Crippen LogP contribution >= 0.6 is 0 Å². The minimum Gasteiger partial charge on any atom is -0.454 e. The molecule has 0 aromatic carbocycles. The third-order valence-corrected chi connectivity index (χ3v) is 12.6. The highest BCUT2D eigenvalue weighted by Crippen LogP contribution is 2.26. The van der Waals surface area contributed by atoms with Gasteiger partial charge in [0.25, 0.3) is 0 Å². The monoisotopic (exact) mass is 996 g/mol. The average molecular weight is 996 g/mol. The fraction of sp³-hybridized carbons (Fsp3) is 0.700. The number of ether oxygens (including phenoxy) is 3. The van der Waals surface area contributed by atoms with Crippen molar-refractivity contribution in [1.82, 2.24) is 5.32 Å². The molecule has 71 heavy (non-hydrogen) atoms. The van der Waals surface area contributed by atoms with Crippen LogP contribution in [0.4, 0.5) is 0 Å². The molecule has 0 bridgehead atoms. The first-order chi connectivity index (χ1) is 34.7. The molecule has 406 valence electrons. The van der Waals surface area contributed by atoms with Crippen LogP contribution in [0.5, 0.6) is 0 Å². The van der Waals surface area contributed by atoms with E-state index in [4.69, 9.17) is 14.2 Å². The van der Waals surface area contributed by atoms with Gasteiger partial charge in [-0.1, -0.05) is 214 Å². The number of nitrogens with one attached hydrogen (secondary N) is 1. The Bertz CT molecular complexity index is 1520. The van der Waals surface area contributed by atoms with Gasteiger partial charge in [-0.05, 0) is 83.5 Å². The number of amides is 1. The van der Waals surface area contributed by atoms with Gasteiger partial charge in [0.1, 0.15) is 24.4 Å². The first kappa shape index (κ1) is 65.6. The molecule has 1 aliphatic rings. The fourth-order valence-corrected chi connectivity index (χ4v) is 8.08. The summed E-state index contributed by atoms with van der Waals surface area (Å²) >= 11 is 0. The van der Waals surface area contributed by atoms with Gasteiger partial charge in [0.05, 0.1) is 25.4 Å². The van der Waals surface area contributed by atoms with E-state index in [-0.39, 0.29) is 19.4 Å². The predicted molar refractivity (Wildman–Crippen MR) is 292 cm³/mol. The minimum absolute atomic E-state index is 0.0893. The maximum absolute atomic E-state index is 13.4. The van der Waals surface area contributed by atoms with Crippen molar-refractivity contribution in [3.63, 3.8) is 0 Å². The number of allylic oxidation sites excluding steroid dienone is 15. The standard InChI is InChI=1S/C60H101NO10/c1-4-7-10-13-16-19-22-24-26-28-29-32-35-38-41-44-47-53(64)59(68)61-51(52(63)46-43-40-37-34-31-21-18-15-12-9-6-3)50-69-60-58(57(67)56(66)54(49-62)70-60)71-55(65)48-45-42-39-36-33-30-27-25-23-20-17-14-11-8-5-2/h8,11,14,16-17,19-20,23-27,29,32,43,46,51-54,56-58,60,62-64,66-67H,4-7,9-10,12-13,15,18,21-22,28,30-31,33-42,44-45,47-50H2,1-3H3,(H,61,68)/b11-8+,17-14+,19-16-,23-20+,26-24-,27-25-,32-29-,46-43+. The van der Waals surface area contributed by atoms with Gasteiger partial charge in [0.15, 0.2) is 12.4 Å². The van der Waals surface area contributed by atoms with Crippen molar-refractivity contribution in [2.24, 2.45) is 0 Å². The zero-order valence-corrected chi connectivity index (χ0v) is 44.6. The van der Waals surface area contributed by atoms with Gasteiger partial charge in [-0.2, -0.15) is 0 Å². The number of hydrogen-bond acceptors (Lipinski definition) is 10. The molecule has 11 nitrogen and oxygen atoms in total. The van der Waals surface area contributed by atoms with Crippen LogP contribution in [0, 0.1) is 0 Å². The molecule has 11 heteroatoms. The second kappa shape index (κ2) is 47.6. The molecule has 8 unspecified atom stereocenters. The van der Waals surface area contributed by atoms with Crippen LogP contribution in [-0.2, 0) is 23.8 Å². The normalized spacial score (nSPS) is 20.4. The first-order valence-corrected chi connectivity index (χ1v) is 28.1. The lowest BCUT2D eigenvalue weighted by Crippen LogP contribution is -2.61. The summed E-state index contributed by atoms with van der Waals surface area (Å²) in [4.78, 5) is 26.4. The molecular formula is C60H101NO10. The maximum atomic E-state index is 13.4. The lowest BCUT2D eigenvalue weighted by atomic mass is 9.99. The molecule has 1 fully saturated rings. The molecule has 8 atom stereocenters. The quantitative estimate of drug-likeness (QED) is 0.0149. The Hall–Kier alpha value is -3.42. The van der Waals surface area contributed by atoms with E-state index >= 15 is 0 Å². The Kier molecular flexibility index (Phi) is 44.0. The Labute approximate surface area is 431 Å². The summed E-state index contributed by atoms with van der Waals surface area (Å²) in [6, 6.07) is -1.05. The molecule has 6 N–H and O–H groups in total. The van der Waals surface area contributed by atoms with E-state index in [0.29, 0.717) is 12.8 Å². The van der Waals surface area contributed by atoms with Crippen LogP contribution in [0.2, 0.25) is 0 Å². The number of esters is 1. The highest BCUT2D eigenvalue weighted by Gasteiger charge is 2.47. The molecule has 0 spiro atoms. The lowest BCUT2D eigenvalue weighted by molar-refractivity contribution is -0.305. The molecule has 1 aliphatic heterocycles. The van der Waals surface area contributed by atoms with E-state index in [1.54, 1.807) is 6.08 Å². The summed E-state index contributed by atoms with van der Waals surface area (Å²) in [6.07, 6.45) is 51.6. The third-order valence-electron chi connectivity index (χ3n) is 12.6. The van der Waals surface area contributed by atoms with Gasteiger partial charge in [0.2, 0.25) is 5.91 Å². The van der Waals surface area contributed by atoms with Crippen molar-refractivity contribution in [2.75, 3.05) is 13.2 Å². The summed E-state index contributed by atoms with van der Waals surface area (Å²) in [7, 11) is 0. The molecule has 1 rings (SSSR count). The summed E-state index contributed by atoms with van der Waals surface area (Å²) in [5.74, 6) is -1.25. The van der Waals surface area contributed by atoms with Gasteiger partial charge in [-0.3, -0.25) is 9.59 Å². The lowest BCUT2D eigenvalue weighted by Gasteiger charge is -2.41. The number of aliphatic hydroxyl groups excluding tert-OH is 5. The van der Waals surface area contributed by atoms with Crippen molar-refractivity contribution < 1.29 is 49.3 Å². The summed E-state index contributed by atoms with van der Waals surface area (Å²) < 4.78 is 17.5. The van der Waals surface area contributed by atoms with E-state index < -0.39 is 67.4 Å². The van der Waals surface area contributed by atoms with Crippen LogP contribution in [0.15, 0.2) is 97.2 Å². The maximum Gasteiger partial charge on any atom is 0.306 e. The van der Waals surface area contributed by atoms with Crippen molar-refractivity contribution in [3.05, 3.63) is 97.2 Å². The largest absolute Gasteiger partial charge is 0.454 e. The number of hydrogen-bond donors (Lipinski definition) is 6. The first-order valence-electron chi connectivity index (χ1n) is 28.1. The summed E-state index contributed by atoms with van der Waals surface area (Å²) in [5.41, 5.74) is 0. The Morgan fingerprint density at radius 3 is 1.68 bits per heavy atom. The molecule has 1 heterocycles. The molecular weight excluding hydrogens is 895 g/mol. The second-order valence-corrected chi connectivity index (χ2v) is 19.0. The van der Waals surface area contributed by atoms with Crippen molar-refractivity contribution in [3.8, 4) is 0 Å². The van der Waals surface area contributed by atoms with Crippen LogP contribution in [-0.4, -0.2) is 99.6 Å². The van der Waals surface area contributed by atoms with Gasteiger partial charge in [0, 0.05) is 6.42 Å². The van der Waals surface area contributed by atoms with Crippen molar-refractivity contribution >= 4 is 11.9 Å². The van der Waals surface area contributed by atoms with Gasteiger partial charge >= 0.3 is 5.97 Å². The van der Waals surface area contributed by atoms with E-state index in [0.717, 1.165) is 103 Å². The zero-order chi connectivity index (χ0) is 51.8. The highest BCUT2D eigenvalue weighted by molar-refractivity contribution is 5.80. The number of unbranched alkanes of at least 4 members (excludes halogenated alkanes) is 20. The molecule has 0 aromatic rings. The minimum atomic E-state index is -1.63. The van der Waals surface area contributed by atoms with Crippen molar-refractivity contribution in [1.29, 1.82) is 0 Å². The second-order valence-electron chi connectivity index (χ2n) is 19.0. The number of rotatable bonds is 45. The van der Waals surface area contributed by atoms with Crippen LogP contribution in [0.25, 0.3) is 0 Å². The Balaban J connectivity index is 2.78. The summed E-state index contributed by atoms with van der Waals surface area (Å²) in [5, 5.41) is 56.7. The Morgan fingerprint density at radius 1 is 0.577 bits per heavy atom. The van der Waals surface area contributed by atoms with Crippen LogP contribution in [0.1, 0.15) is 207 Å². The highest BCUT2D eigenvalue weighted by atomic mass is 16.7. The number of aliphatic hydroxyl groups is 5. The van der Waals surface area contributed by atoms with Crippen LogP contribution in [0.3, 0.4) is 0 Å². The fourth-order valence-electron chi connectivity index (χ4n) is 8.08. The molecule has 1 amide bonds. The molecule has 1 saturated heterocycles. The number of carbonyl (C=O) groups is 2. The molecule has 0 saturated carbocycles. The van der Waals surface area contributed by atoms with Gasteiger partial charge in [-0.15, -0.1) is 0 Å². The SMILES string of the molecule is CC/C=C/C=C/C=C/C=C\CCCCCCCC(=O)OC1C(OCC(NC(=O)C(O)CCCCC/C=C\C/C=C\C/C=C\CCCCC)C(O)/C=C/CCCCCCCCCCC)OC(CO)C(O)C1O. The van der Waals surface area contributed by atoms with Gasteiger partial charge in [-0.25, -0.2) is 0 Å². The molecule has 0 aromatic heterocycles. The van der Waals surface area contributed by atoms with E-state index in [9.17, 15) is 35.1 Å². The molecule has 0 aliphatic carbocycles. The van der Waals surface area contributed by atoms with E-state index in [1.807, 2.05) is 42.5 Å². The van der Waals surface area contributed by atoms with E-state index in [1.165, 1.54) is 57.8 Å². The van der Waals surface area contributed by atoms with Gasteiger partial charge < -0.3 is 45.1 Å². The van der Waals surface area contributed by atoms with Crippen molar-refractivity contribution in [2.45, 2.75) is 256 Å². The smallest absolute Gasteiger partial charge is 0.306 e. The molecule has 0 radical (unpaired) electrons. The Morgan fingerprint density at radius 2 is 1.07 bits per heavy atom. The zero-order valence-electron chi connectivity index (χ0n) is 44.6. The van der Waals surface area contributed by atoms with E-state index in [2.05, 4.69) is 74.7 Å². The number of carbonyl (C=O) groups excluding carboxylic acids is 2.